The van der Waals surface area contributed by atoms with Gasteiger partial charge in [-0.2, -0.15) is 0 Å². The van der Waals surface area contributed by atoms with E-state index in [1.54, 1.807) is 0 Å². The fourth-order valence-corrected chi connectivity index (χ4v) is 3.52. The maximum absolute atomic E-state index is 6.47. The van der Waals surface area contributed by atoms with Crippen molar-refractivity contribution < 1.29 is 0 Å². The zero-order valence-electron chi connectivity index (χ0n) is 13.6. The van der Waals surface area contributed by atoms with Crippen LogP contribution in [-0.4, -0.2) is 6.04 Å². The molecule has 0 saturated heterocycles. The van der Waals surface area contributed by atoms with Crippen molar-refractivity contribution in [1.29, 1.82) is 0 Å². The third-order valence-corrected chi connectivity index (χ3v) is 5.99. The van der Waals surface area contributed by atoms with Gasteiger partial charge in [0.05, 0.1) is 0 Å². The van der Waals surface area contributed by atoms with Crippen LogP contribution < -0.4 is 5.73 Å². The van der Waals surface area contributed by atoms with Gasteiger partial charge in [-0.05, 0) is 48.3 Å². The fourth-order valence-electron chi connectivity index (χ4n) is 3.52. The quantitative estimate of drug-likeness (QED) is 0.700. The Kier molecular flexibility index (Phi) is 5.29. The minimum atomic E-state index is 0.406. The van der Waals surface area contributed by atoms with Gasteiger partial charge in [-0.25, -0.2) is 0 Å². The molecule has 0 radical (unpaired) electrons. The molecule has 0 aromatic heterocycles. The molecule has 0 aromatic rings. The SMILES string of the molecule is CCC1CCC(C)(C(C)(C)C)CCC[C@@H](C)[C@@H]1N. The highest BCUT2D eigenvalue weighted by molar-refractivity contribution is 4.90. The standard InChI is InChI=1S/C17H35N/c1-7-14-10-12-17(6,16(3,4)5)11-8-9-13(2)15(14)18/h13-15H,7-12,18H2,1-6H3/t13-,14?,15+,17?/m1/s1. The molecule has 0 aromatic carbocycles. The maximum Gasteiger partial charge on any atom is 0.00928 e. The van der Waals surface area contributed by atoms with Crippen LogP contribution >= 0.6 is 0 Å². The zero-order chi connectivity index (χ0) is 14.0. The topological polar surface area (TPSA) is 26.0 Å². The Labute approximate surface area is 115 Å². The molecule has 2 unspecified atom stereocenters. The second-order valence-electron chi connectivity index (χ2n) is 7.96. The summed E-state index contributed by atoms with van der Waals surface area (Å²) in [5.41, 5.74) is 7.35. The first-order valence-electron chi connectivity index (χ1n) is 7.97. The highest BCUT2D eigenvalue weighted by Crippen LogP contribution is 2.48. The number of hydrogen-bond acceptors (Lipinski definition) is 1. The van der Waals surface area contributed by atoms with Gasteiger partial charge in [-0.3, -0.25) is 0 Å². The minimum Gasteiger partial charge on any atom is -0.327 e. The lowest BCUT2D eigenvalue weighted by molar-refractivity contribution is 0.0751. The summed E-state index contributed by atoms with van der Waals surface area (Å²) in [6, 6.07) is 0.414. The minimum absolute atomic E-state index is 0.406. The van der Waals surface area contributed by atoms with Crippen LogP contribution in [0.25, 0.3) is 0 Å². The Balaban J connectivity index is 2.85. The molecule has 2 N–H and O–H groups in total. The summed E-state index contributed by atoms with van der Waals surface area (Å²) in [7, 11) is 0. The molecular formula is C17H35N. The molecule has 1 saturated carbocycles. The Hall–Kier alpha value is -0.0400. The summed E-state index contributed by atoms with van der Waals surface area (Å²) in [5.74, 6) is 1.41. The molecule has 0 bridgehead atoms. The van der Waals surface area contributed by atoms with Crippen molar-refractivity contribution in [2.24, 2.45) is 28.4 Å². The van der Waals surface area contributed by atoms with Crippen molar-refractivity contribution in [2.45, 2.75) is 86.1 Å². The van der Waals surface area contributed by atoms with Gasteiger partial charge >= 0.3 is 0 Å². The van der Waals surface area contributed by atoms with E-state index in [-0.39, 0.29) is 0 Å². The van der Waals surface area contributed by atoms with E-state index in [9.17, 15) is 0 Å². The largest absolute Gasteiger partial charge is 0.327 e. The van der Waals surface area contributed by atoms with Crippen LogP contribution in [0.15, 0.2) is 0 Å². The molecule has 1 heteroatoms. The molecule has 1 aliphatic rings. The second kappa shape index (κ2) is 5.94. The summed E-state index contributed by atoms with van der Waals surface area (Å²) in [5, 5.41) is 0. The summed E-state index contributed by atoms with van der Waals surface area (Å²) in [6.07, 6.45) is 7.92. The van der Waals surface area contributed by atoms with Gasteiger partial charge < -0.3 is 5.73 Å². The average Bonchev–Trinajstić information content (AvgIpc) is 2.31. The van der Waals surface area contributed by atoms with Crippen LogP contribution in [-0.2, 0) is 0 Å². The molecule has 0 amide bonds. The van der Waals surface area contributed by atoms with Crippen molar-refractivity contribution >= 4 is 0 Å². The molecule has 0 aliphatic heterocycles. The normalized spacial score (nSPS) is 39.8. The Morgan fingerprint density at radius 1 is 1.17 bits per heavy atom. The lowest BCUT2D eigenvalue weighted by Crippen LogP contribution is -2.37. The number of hydrogen-bond donors (Lipinski definition) is 1. The summed E-state index contributed by atoms with van der Waals surface area (Å²) >= 11 is 0. The Morgan fingerprint density at radius 3 is 2.28 bits per heavy atom. The predicted molar refractivity (Wildman–Crippen MR) is 81.6 cm³/mol. The third-order valence-electron chi connectivity index (χ3n) is 5.99. The zero-order valence-corrected chi connectivity index (χ0v) is 13.6. The second-order valence-corrected chi connectivity index (χ2v) is 7.96. The third kappa shape index (κ3) is 3.50. The average molecular weight is 253 g/mol. The molecule has 4 atom stereocenters. The van der Waals surface area contributed by atoms with Gasteiger partial charge in [-0.15, -0.1) is 0 Å². The number of nitrogens with two attached hydrogens (primary N) is 1. The first-order chi connectivity index (χ1) is 8.21. The van der Waals surface area contributed by atoms with Crippen molar-refractivity contribution in [3.63, 3.8) is 0 Å². The molecular weight excluding hydrogens is 218 g/mol. The highest BCUT2D eigenvalue weighted by atomic mass is 14.7. The Bertz CT molecular complexity index is 253. The highest BCUT2D eigenvalue weighted by Gasteiger charge is 2.38. The van der Waals surface area contributed by atoms with E-state index in [0.29, 0.717) is 22.8 Å². The molecule has 0 spiro atoms. The monoisotopic (exact) mass is 253 g/mol. The first kappa shape index (κ1) is 16.0. The van der Waals surface area contributed by atoms with Gasteiger partial charge in [0.2, 0.25) is 0 Å². The lowest BCUT2D eigenvalue weighted by Gasteiger charge is -2.43. The predicted octanol–water partition coefficient (Wildman–Crippen LogP) is 4.99. The van der Waals surface area contributed by atoms with Gasteiger partial charge in [-0.1, -0.05) is 54.4 Å². The molecule has 1 fully saturated rings. The van der Waals surface area contributed by atoms with E-state index < -0.39 is 0 Å². The van der Waals surface area contributed by atoms with Crippen LogP contribution in [0.3, 0.4) is 0 Å². The smallest absolute Gasteiger partial charge is 0.00928 e. The van der Waals surface area contributed by atoms with E-state index in [2.05, 4.69) is 41.5 Å². The Morgan fingerprint density at radius 2 is 1.78 bits per heavy atom. The van der Waals surface area contributed by atoms with E-state index in [4.69, 9.17) is 5.73 Å². The molecule has 0 heterocycles. The molecule has 1 rings (SSSR count). The summed E-state index contributed by atoms with van der Waals surface area (Å²) in [6.45, 7) is 14.4. The fraction of sp³-hybridized carbons (Fsp3) is 1.00. The van der Waals surface area contributed by atoms with E-state index >= 15 is 0 Å². The van der Waals surface area contributed by atoms with Gasteiger partial charge in [0.1, 0.15) is 0 Å². The van der Waals surface area contributed by atoms with Crippen LogP contribution in [0.2, 0.25) is 0 Å². The molecule has 18 heavy (non-hydrogen) atoms. The first-order valence-corrected chi connectivity index (χ1v) is 7.97. The van der Waals surface area contributed by atoms with Crippen molar-refractivity contribution in [2.75, 3.05) is 0 Å². The molecule has 1 nitrogen and oxygen atoms in total. The van der Waals surface area contributed by atoms with Crippen molar-refractivity contribution in [3.05, 3.63) is 0 Å². The maximum atomic E-state index is 6.47. The van der Waals surface area contributed by atoms with Crippen molar-refractivity contribution in [1.82, 2.24) is 0 Å². The lowest BCUT2D eigenvalue weighted by atomic mass is 9.62. The van der Waals surface area contributed by atoms with Gasteiger partial charge in [0, 0.05) is 6.04 Å². The molecule has 108 valence electrons. The van der Waals surface area contributed by atoms with Crippen LogP contribution in [0, 0.1) is 22.7 Å². The van der Waals surface area contributed by atoms with E-state index in [1.165, 1.54) is 38.5 Å². The molecule has 1 aliphatic carbocycles. The summed E-state index contributed by atoms with van der Waals surface area (Å²) < 4.78 is 0. The van der Waals surface area contributed by atoms with E-state index in [1.807, 2.05) is 0 Å². The summed E-state index contributed by atoms with van der Waals surface area (Å²) in [4.78, 5) is 0. The van der Waals surface area contributed by atoms with Gasteiger partial charge in [0.15, 0.2) is 0 Å². The van der Waals surface area contributed by atoms with E-state index in [0.717, 1.165) is 5.92 Å². The van der Waals surface area contributed by atoms with Crippen LogP contribution in [0.4, 0.5) is 0 Å². The van der Waals surface area contributed by atoms with Crippen LogP contribution in [0.5, 0.6) is 0 Å². The van der Waals surface area contributed by atoms with Crippen molar-refractivity contribution in [3.8, 4) is 0 Å². The van der Waals surface area contributed by atoms with Crippen LogP contribution in [0.1, 0.15) is 80.1 Å². The van der Waals surface area contributed by atoms with Gasteiger partial charge in [0.25, 0.3) is 0 Å². The number of rotatable bonds is 1.